The van der Waals surface area contributed by atoms with E-state index in [2.05, 4.69) is 63.1 Å². The molecule has 0 heterocycles. The van der Waals surface area contributed by atoms with Crippen molar-refractivity contribution in [1.29, 1.82) is 0 Å². The van der Waals surface area contributed by atoms with Crippen molar-refractivity contribution in [3.05, 3.63) is 30.3 Å². The van der Waals surface area contributed by atoms with E-state index in [9.17, 15) is 0 Å². The van der Waals surface area contributed by atoms with Crippen LogP contribution in [-0.4, -0.2) is 19.6 Å². The van der Waals surface area contributed by atoms with Crippen molar-refractivity contribution in [3.63, 3.8) is 0 Å². The van der Waals surface area contributed by atoms with Gasteiger partial charge in [-0.05, 0) is 48.6 Å². The highest BCUT2D eigenvalue weighted by molar-refractivity contribution is 5.45. The van der Waals surface area contributed by atoms with Crippen LogP contribution in [0.3, 0.4) is 0 Å². The van der Waals surface area contributed by atoms with Crippen LogP contribution < -0.4 is 10.6 Å². The molecule has 0 radical (unpaired) electrons. The first-order valence-electron chi connectivity index (χ1n) is 7.89. The first kappa shape index (κ1) is 15.4. The first-order valence-corrected chi connectivity index (χ1v) is 7.89. The molecule has 0 bridgehead atoms. The first-order chi connectivity index (χ1) is 9.38. The van der Waals surface area contributed by atoms with Crippen LogP contribution in [0, 0.1) is 17.3 Å². The normalized spacial score (nSPS) is 27.4. The lowest BCUT2D eigenvalue weighted by atomic mass is 9.67. The van der Waals surface area contributed by atoms with E-state index >= 15 is 0 Å². The third-order valence-electron chi connectivity index (χ3n) is 4.97. The summed E-state index contributed by atoms with van der Waals surface area (Å²) < 4.78 is 0. The molecular formula is C18H30N2. The second-order valence-corrected chi connectivity index (χ2v) is 7.52. The fourth-order valence-corrected chi connectivity index (χ4v) is 3.42. The van der Waals surface area contributed by atoms with Gasteiger partial charge < -0.3 is 10.6 Å². The van der Waals surface area contributed by atoms with E-state index < -0.39 is 0 Å². The van der Waals surface area contributed by atoms with Crippen molar-refractivity contribution in [1.82, 2.24) is 0 Å². The fraction of sp³-hybridized carbons (Fsp3) is 0.667. The summed E-state index contributed by atoms with van der Waals surface area (Å²) in [6, 6.07) is 11.0. The fourth-order valence-electron chi connectivity index (χ4n) is 3.42. The maximum absolute atomic E-state index is 6.38. The highest BCUT2D eigenvalue weighted by Crippen LogP contribution is 2.40. The molecule has 1 aromatic rings. The van der Waals surface area contributed by atoms with Gasteiger partial charge in [-0.15, -0.1) is 0 Å². The van der Waals surface area contributed by atoms with Gasteiger partial charge in [0.15, 0.2) is 0 Å². The quantitative estimate of drug-likeness (QED) is 0.905. The smallest absolute Gasteiger partial charge is 0.0363 e. The number of hydrogen-bond donors (Lipinski definition) is 1. The summed E-state index contributed by atoms with van der Waals surface area (Å²) in [5, 5.41) is 0. The molecule has 20 heavy (non-hydrogen) atoms. The Morgan fingerprint density at radius 2 is 1.80 bits per heavy atom. The lowest BCUT2D eigenvalue weighted by molar-refractivity contribution is 0.129. The average molecular weight is 274 g/mol. The van der Waals surface area contributed by atoms with E-state index in [1.807, 2.05) is 0 Å². The maximum atomic E-state index is 6.38. The molecule has 2 N–H and O–H groups in total. The van der Waals surface area contributed by atoms with Crippen LogP contribution in [0.2, 0.25) is 0 Å². The van der Waals surface area contributed by atoms with Gasteiger partial charge in [0, 0.05) is 25.3 Å². The number of nitrogens with two attached hydrogens (primary N) is 1. The molecular weight excluding hydrogens is 244 g/mol. The van der Waals surface area contributed by atoms with Gasteiger partial charge in [0.25, 0.3) is 0 Å². The monoisotopic (exact) mass is 274 g/mol. The molecule has 1 fully saturated rings. The lowest BCUT2D eigenvalue weighted by Gasteiger charge is -2.42. The summed E-state index contributed by atoms with van der Waals surface area (Å²) in [6.45, 7) is 8.17. The molecule has 2 rings (SSSR count). The molecule has 0 spiro atoms. The predicted molar refractivity (Wildman–Crippen MR) is 88.0 cm³/mol. The largest absolute Gasteiger partial charge is 0.374 e. The molecule has 3 unspecified atom stereocenters. The number of rotatable bonds is 3. The topological polar surface area (TPSA) is 29.3 Å². The summed E-state index contributed by atoms with van der Waals surface area (Å²) in [5.74, 6) is 1.41. The summed E-state index contributed by atoms with van der Waals surface area (Å²) in [5.41, 5.74) is 8.08. The molecule has 0 aromatic heterocycles. The van der Waals surface area contributed by atoms with Crippen LogP contribution in [0.5, 0.6) is 0 Å². The standard InChI is InChI=1S/C18H30N2/c1-18(2,3)15-10-11-17(19)14(12-15)13-20(4)16-8-6-5-7-9-16/h5-9,14-15,17H,10-13,19H2,1-4H3. The third kappa shape index (κ3) is 3.76. The number of benzene rings is 1. The average Bonchev–Trinajstić information content (AvgIpc) is 2.41. The number of para-hydroxylation sites is 1. The molecule has 1 aromatic carbocycles. The predicted octanol–water partition coefficient (Wildman–Crippen LogP) is 3.91. The zero-order valence-corrected chi connectivity index (χ0v) is 13.5. The summed E-state index contributed by atoms with van der Waals surface area (Å²) in [4.78, 5) is 2.36. The molecule has 0 amide bonds. The second-order valence-electron chi connectivity index (χ2n) is 7.52. The SMILES string of the molecule is CN(CC1CC(C(C)(C)C)CCC1N)c1ccccc1. The third-order valence-corrected chi connectivity index (χ3v) is 4.97. The Morgan fingerprint density at radius 1 is 1.15 bits per heavy atom. The van der Waals surface area contributed by atoms with E-state index in [1.165, 1.54) is 24.9 Å². The Hall–Kier alpha value is -1.02. The summed E-state index contributed by atoms with van der Waals surface area (Å²) in [7, 11) is 2.18. The van der Waals surface area contributed by atoms with E-state index in [0.29, 0.717) is 17.4 Å². The Balaban J connectivity index is 2.00. The molecule has 0 aliphatic heterocycles. The van der Waals surface area contributed by atoms with Gasteiger partial charge in [0.2, 0.25) is 0 Å². The Bertz CT molecular complexity index is 407. The van der Waals surface area contributed by atoms with E-state index in [1.54, 1.807) is 0 Å². The Labute approximate surface area is 124 Å². The molecule has 112 valence electrons. The molecule has 1 aliphatic rings. The highest BCUT2D eigenvalue weighted by atomic mass is 15.1. The van der Waals surface area contributed by atoms with Gasteiger partial charge >= 0.3 is 0 Å². The second kappa shape index (κ2) is 6.17. The van der Waals surface area contributed by atoms with Crippen molar-refractivity contribution >= 4 is 5.69 Å². The van der Waals surface area contributed by atoms with Crippen molar-refractivity contribution in [2.75, 3.05) is 18.5 Å². The van der Waals surface area contributed by atoms with Crippen molar-refractivity contribution < 1.29 is 0 Å². The molecule has 3 atom stereocenters. The van der Waals surface area contributed by atoms with Gasteiger partial charge in [-0.2, -0.15) is 0 Å². The van der Waals surface area contributed by atoms with Crippen LogP contribution in [-0.2, 0) is 0 Å². The number of anilines is 1. The summed E-state index contributed by atoms with van der Waals surface area (Å²) in [6.07, 6.45) is 3.73. The van der Waals surface area contributed by atoms with Crippen LogP contribution in [0.1, 0.15) is 40.0 Å². The Morgan fingerprint density at radius 3 is 2.40 bits per heavy atom. The number of nitrogens with zero attached hydrogens (tertiary/aromatic N) is 1. The highest BCUT2D eigenvalue weighted by Gasteiger charge is 2.34. The number of hydrogen-bond acceptors (Lipinski definition) is 2. The van der Waals surface area contributed by atoms with Gasteiger partial charge in [0.05, 0.1) is 0 Å². The molecule has 2 nitrogen and oxygen atoms in total. The van der Waals surface area contributed by atoms with Crippen LogP contribution >= 0.6 is 0 Å². The maximum Gasteiger partial charge on any atom is 0.0363 e. The van der Waals surface area contributed by atoms with Crippen molar-refractivity contribution in [2.45, 2.75) is 46.1 Å². The van der Waals surface area contributed by atoms with Crippen LogP contribution in [0.15, 0.2) is 30.3 Å². The van der Waals surface area contributed by atoms with Crippen molar-refractivity contribution in [3.8, 4) is 0 Å². The summed E-state index contributed by atoms with van der Waals surface area (Å²) >= 11 is 0. The minimum Gasteiger partial charge on any atom is -0.374 e. The van der Waals surface area contributed by atoms with E-state index in [-0.39, 0.29) is 0 Å². The van der Waals surface area contributed by atoms with Gasteiger partial charge in [-0.1, -0.05) is 39.0 Å². The molecule has 1 saturated carbocycles. The van der Waals surface area contributed by atoms with Gasteiger partial charge in [-0.25, -0.2) is 0 Å². The zero-order valence-electron chi connectivity index (χ0n) is 13.5. The van der Waals surface area contributed by atoms with Crippen molar-refractivity contribution in [2.24, 2.45) is 23.0 Å². The molecule has 1 aliphatic carbocycles. The molecule has 2 heteroatoms. The minimum absolute atomic E-state index is 0.361. The van der Waals surface area contributed by atoms with E-state index in [4.69, 9.17) is 5.73 Å². The van der Waals surface area contributed by atoms with Gasteiger partial charge in [-0.3, -0.25) is 0 Å². The lowest BCUT2D eigenvalue weighted by Crippen LogP contribution is -2.44. The van der Waals surface area contributed by atoms with Gasteiger partial charge in [0.1, 0.15) is 0 Å². The van der Waals surface area contributed by atoms with Crippen LogP contribution in [0.25, 0.3) is 0 Å². The zero-order chi connectivity index (χ0) is 14.8. The minimum atomic E-state index is 0.361. The van der Waals surface area contributed by atoms with Crippen LogP contribution in [0.4, 0.5) is 5.69 Å². The molecule has 0 saturated heterocycles. The van der Waals surface area contributed by atoms with E-state index in [0.717, 1.165) is 12.5 Å². The Kier molecular flexibility index (Phi) is 4.74.